The van der Waals surface area contributed by atoms with Crippen molar-refractivity contribution in [1.82, 2.24) is 4.98 Å². The maximum Gasteiger partial charge on any atom is 0.140 e. The molecular weight excluding hydrogens is 316 g/mol. The van der Waals surface area contributed by atoms with E-state index in [1.165, 1.54) is 0 Å². The monoisotopic (exact) mass is 326 g/mol. The first kappa shape index (κ1) is 13.3. The topological polar surface area (TPSA) is 48.1 Å². The summed E-state index contributed by atoms with van der Waals surface area (Å²) >= 11 is 9.47. The summed E-state index contributed by atoms with van der Waals surface area (Å²) in [7, 11) is 0. The van der Waals surface area contributed by atoms with E-state index in [1.807, 2.05) is 24.3 Å². The maximum atomic E-state index is 6.09. The van der Waals surface area contributed by atoms with E-state index in [-0.39, 0.29) is 6.10 Å². The van der Waals surface area contributed by atoms with Crippen LogP contribution in [-0.4, -0.2) is 11.5 Å². The molecule has 3 nitrogen and oxygen atoms in total. The van der Waals surface area contributed by atoms with Crippen LogP contribution in [0.4, 0.5) is 0 Å². The number of hydrogen-bond acceptors (Lipinski definition) is 3. The Kier molecular flexibility index (Phi) is 4.58. The van der Waals surface area contributed by atoms with Crippen LogP contribution in [0.5, 0.6) is 5.75 Å². The van der Waals surface area contributed by atoms with Crippen LogP contribution in [0, 0.1) is 0 Å². The fourth-order valence-corrected chi connectivity index (χ4v) is 2.05. The van der Waals surface area contributed by atoms with E-state index in [1.54, 1.807) is 18.5 Å². The van der Waals surface area contributed by atoms with Gasteiger partial charge in [-0.1, -0.05) is 27.5 Å². The van der Waals surface area contributed by atoms with E-state index >= 15 is 0 Å². The number of benzene rings is 1. The molecule has 0 fully saturated rings. The van der Waals surface area contributed by atoms with Gasteiger partial charge < -0.3 is 10.5 Å². The molecule has 0 aliphatic heterocycles. The highest BCUT2D eigenvalue weighted by atomic mass is 79.9. The van der Waals surface area contributed by atoms with Gasteiger partial charge in [-0.25, -0.2) is 0 Å². The van der Waals surface area contributed by atoms with Gasteiger partial charge >= 0.3 is 0 Å². The van der Waals surface area contributed by atoms with Crippen molar-refractivity contribution in [3.8, 4) is 5.75 Å². The van der Waals surface area contributed by atoms with Gasteiger partial charge in [-0.15, -0.1) is 0 Å². The third kappa shape index (κ3) is 3.22. The lowest BCUT2D eigenvalue weighted by molar-refractivity contribution is 0.214. The number of rotatable bonds is 4. The number of aromatic nitrogens is 1. The molecule has 0 radical (unpaired) electrons. The average Bonchev–Trinajstić information content (AvgIpc) is 2.41. The third-order valence-corrected chi connectivity index (χ3v) is 3.26. The summed E-state index contributed by atoms with van der Waals surface area (Å²) in [5, 5.41) is 0.561. The van der Waals surface area contributed by atoms with E-state index < -0.39 is 0 Å². The van der Waals surface area contributed by atoms with E-state index in [0.717, 1.165) is 10.0 Å². The molecule has 1 aromatic carbocycles. The molecule has 2 N–H and O–H groups in total. The van der Waals surface area contributed by atoms with Gasteiger partial charge in [-0.05, 0) is 35.9 Å². The molecule has 5 heteroatoms. The van der Waals surface area contributed by atoms with Crippen LogP contribution >= 0.6 is 27.5 Å². The van der Waals surface area contributed by atoms with Gasteiger partial charge in [-0.3, -0.25) is 4.98 Å². The van der Waals surface area contributed by atoms with Crippen LogP contribution in [0.1, 0.15) is 11.7 Å². The molecule has 0 saturated carbocycles. The molecule has 1 aromatic heterocycles. The Morgan fingerprint density at radius 1 is 1.28 bits per heavy atom. The molecule has 94 valence electrons. The van der Waals surface area contributed by atoms with Crippen molar-refractivity contribution in [3.05, 3.63) is 57.8 Å². The summed E-state index contributed by atoms with van der Waals surface area (Å²) in [5.41, 5.74) is 6.72. The van der Waals surface area contributed by atoms with Gasteiger partial charge in [0.1, 0.15) is 11.9 Å². The van der Waals surface area contributed by atoms with Gasteiger partial charge in [0, 0.05) is 23.4 Å². The second-order valence-electron chi connectivity index (χ2n) is 3.70. The molecule has 18 heavy (non-hydrogen) atoms. The van der Waals surface area contributed by atoms with Gasteiger partial charge in [0.25, 0.3) is 0 Å². The van der Waals surface area contributed by atoms with E-state index in [0.29, 0.717) is 17.3 Å². The largest absolute Gasteiger partial charge is 0.483 e. The number of halogens is 2. The summed E-state index contributed by atoms with van der Waals surface area (Å²) in [6.45, 7) is 0.368. The number of hydrogen-bond donors (Lipinski definition) is 1. The number of ether oxygens (including phenoxy) is 1. The summed E-state index contributed by atoms with van der Waals surface area (Å²) in [5.74, 6) is 0.610. The average molecular weight is 328 g/mol. The van der Waals surface area contributed by atoms with Gasteiger partial charge in [0.15, 0.2) is 0 Å². The molecule has 0 spiro atoms. The lowest BCUT2D eigenvalue weighted by atomic mass is 10.1. The highest BCUT2D eigenvalue weighted by Crippen LogP contribution is 2.31. The lowest BCUT2D eigenvalue weighted by Gasteiger charge is -2.18. The highest BCUT2D eigenvalue weighted by Gasteiger charge is 2.13. The van der Waals surface area contributed by atoms with Crippen LogP contribution in [-0.2, 0) is 0 Å². The Hall–Kier alpha value is -1.10. The Bertz CT molecular complexity index is 522. The molecule has 0 bridgehead atoms. The highest BCUT2D eigenvalue weighted by molar-refractivity contribution is 9.10. The van der Waals surface area contributed by atoms with E-state index in [2.05, 4.69) is 20.9 Å². The minimum atomic E-state index is -0.236. The predicted molar refractivity (Wildman–Crippen MR) is 75.8 cm³/mol. The summed E-state index contributed by atoms with van der Waals surface area (Å²) in [6, 6.07) is 9.22. The molecule has 0 aliphatic carbocycles. The molecule has 2 aromatic rings. The van der Waals surface area contributed by atoms with Crippen molar-refractivity contribution in [2.75, 3.05) is 6.54 Å². The fraction of sp³-hybridized carbons (Fsp3) is 0.154. The first-order chi connectivity index (χ1) is 8.70. The molecule has 0 saturated heterocycles. The van der Waals surface area contributed by atoms with Gasteiger partial charge in [0.2, 0.25) is 0 Å². The Morgan fingerprint density at radius 2 is 2.00 bits per heavy atom. The Morgan fingerprint density at radius 3 is 2.67 bits per heavy atom. The number of nitrogens with zero attached hydrogens (tertiary/aromatic N) is 1. The molecule has 1 heterocycles. The van der Waals surface area contributed by atoms with Crippen molar-refractivity contribution in [2.24, 2.45) is 5.73 Å². The number of pyridine rings is 1. The zero-order chi connectivity index (χ0) is 13.0. The van der Waals surface area contributed by atoms with Crippen molar-refractivity contribution in [1.29, 1.82) is 0 Å². The van der Waals surface area contributed by atoms with Crippen molar-refractivity contribution in [3.63, 3.8) is 0 Å². The third-order valence-electron chi connectivity index (χ3n) is 2.45. The summed E-state index contributed by atoms with van der Waals surface area (Å²) < 4.78 is 6.76. The van der Waals surface area contributed by atoms with Gasteiger partial charge in [0.05, 0.1) is 5.02 Å². The standard InChI is InChI=1S/C13H12BrClN2O/c14-10-1-2-11(15)12(7-10)18-13(8-16)9-3-5-17-6-4-9/h1-7,13H,8,16H2. The SMILES string of the molecule is NCC(Oc1cc(Br)ccc1Cl)c1ccncc1. The molecule has 0 aliphatic rings. The molecular formula is C13H12BrClN2O. The van der Waals surface area contributed by atoms with Crippen LogP contribution in [0.3, 0.4) is 0 Å². The zero-order valence-electron chi connectivity index (χ0n) is 9.51. The predicted octanol–water partition coefficient (Wildman–Crippen LogP) is 3.58. The second kappa shape index (κ2) is 6.18. The molecule has 2 rings (SSSR count). The van der Waals surface area contributed by atoms with Crippen molar-refractivity contribution in [2.45, 2.75) is 6.10 Å². The quantitative estimate of drug-likeness (QED) is 0.934. The van der Waals surface area contributed by atoms with Crippen LogP contribution in [0.15, 0.2) is 47.2 Å². The smallest absolute Gasteiger partial charge is 0.140 e. The summed E-state index contributed by atoms with van der Waals surface area (Å²) in [6.07, 6.45) is 3.19. The number of nitrogens with two attached hydrogens (primary N) is 1. The molecule has 1 atom stereocenters. The van der Waals surface area contributed by atoms with Crippen LogP contribution < -0.4 is 10.5 Å². The minimum absolute atomic E-state index is 0.236. The second-order valence-corrected chi connectivity index (χ2v) is 5.02. The minimum Gasteiger partial charge on any atom is -0.483 e. The Labute approximate surface area is 119 Å². The van der Waals surface area contributed by atoms with Crippen molar-refractivity contribution < 1.29 is 4.74 Å². The lowest BCUT2D eigenvalue weighted by Crippen LogP contribution is -2.18. The van der Waals surface area contributed by atoms with E-state index in [4.69, 9.17) is 22.1 Å². The molecule has 0 amide bonds. The van der Waals surface area contributed by atoms with Crippen LogP contribution in [0.2, 0.25) is 5.02 Å². The van der Waals surface area contributed by atoms with Gasteiger partial charge in [-0.2, -0.15) is 0 Å². The normalized spacial score (nSPS) is 12.2. The Balaban J connectivity index is 2.23. The summed E-state index contributed by atoms with van der Waals surface area (Å²) in [4.78, 5) is 3.97. The van der Waals surface area contributed by atoms with Crippen LogP contribution in [0.25, 0.3) is 0 Å². The first-order valence-electron chi connectivity index (χ1n) is 5.42. The molecule has 1 unspecified atom stereocenters. The first-order valence-corrected chi connectivity index (χ1v) is 6.59. The fourth-order valence-electron chi connectivity index (χ4n) is 1.55. The van der Waals surface area contributed by atoms with E-state index in [9.17, 15) is 0 Å². The van der Waals surface area contributed by atoms with Crippen molar-refractivity contribution >= 4 is 27.5 Å². The maximum absolute atomic E-state index is 6.09. The zero-order valence-corrected chi connectivity index (χ0v) is 11.9.